The van der Waals surface area contributed by atoms with Crippen LogP contribution in [0.15, 0.2) is 59.5 Å². The highest BCUT2D eigenvalue weighted by molar-refractivity contribution is 7.98. The van der Waals surface area contributed by atoms with Gasteiger partial charge in [-0.1, -0.05) is 30.3 Å². The number of hydrogen-bond acceptors (Lipinski definition) is 4. The first-order chi connectivity index (χ1) is 12.0. The van der Waals surface area contributed by atoms with Gasteiger partial charge < -0.3 is 10.2 Å². The van der Waals surface area contributed by atoms with Crippen LogP contribution in [0.4, 0.5) is 0 Å². The van der Waals surface area contributed by atoms with E-state index in [9.17, 15) is 19.8 Å². The molecule has 0 unspecified atom stereocenters. The topological polar surface area (TPSA) is 92.4 Å². The summed E-state index contributed by atoms with van der Waals surface area (Å²) in [7, 11) is 0. The molecular formula is C18H14N2O4S. The van der Waals surface area contributed by atoms with Crippen LogP contribution >= 0.6 is 11.8 Å². The Morgan fingerprint density at radius 3 is 2.12 bits per heavy atom. The molecule has 6 nitrogen and oxygen atoms in total. The van der Waals surface area contributed by atoms with E-state index in [2.05, 4.69) is 5.10 Å². The fraction of sp³-hybridized carbons (Fsp3) is 0.0556. The number of benzene rings is 2. The average Bonchev–Trinajstić information content (AvgIpc) is 3.03. The second kappa shape index (κ2) is 6.82. The highest BCUT2D eigenvalue weighted by Gasteiger charge is 2.29. The molecule has 1 aromatic heterocycles. The minimum Gasteiger partial charge on any atom is -0.478 e. The Bertz CT molecular complexity index is 934. The quantitative estimate of drug-likeness (QED) is 0.679. The van der Waals surface area contributed by atoms with E-state index in [4.69, 9.17) is 0 Å². The van der Waals surface area contributed by atoms with E-state index < -0.39 is 17.6 Å². The minimum atomic E-state index is -1.38. The molecule has 1 heterocycles. The van der Waals surface area contributed by atoms with Gasteiger partial charge in [0.2, 0.25) is 0 Å². The molecule has 2 aromatic carbocycles. The largest absolute Gasteiger partial charge is 0.478 e. The SMILES string of the molecule is CSc1ccc(-n2nc(C(=O)O)c(C(=O)O)c2-c2ccccc2)cc1. The molecule has 0 spiro atoms. The van der Waals surface area contributed by atoms with Crippen LogP contribution in [0.3, 0.4) is 0 Å². The molecule has 0 bridgehead atoms. The number of rotatable bonds is 5. The Hall–Kier alpha value is -3.06. The summed E-state index contributed by atoms with van der Waals surface area (Å²) in [4.78, 5) is 24.3. The lowest BCUT2D eigenvalue weighted by molar-refractivity contribution is 0.0648. The highest BCUT2D eigenvalue weighted by atomic mass is 32.2. The third-order valence-electron chi connectivity index (χ3n) is 3.67. The first-order valence-corrected chi connectivity index (χ1v) is 8.55. The molecule has 25 heavy (non-hydrogen) atoms. The molecule has 0 saturated carbocycles. The number of nitrogens with zero attached hydrogens (tertiary/aromatic N) is 2. The molecule has 0 atom stereocenters. The summed E-state index contributed by atoms with van der Waals surface area (Å²) in [5.74, 6) is -2.71. The van der Waals surface area contributed by atoms with Crippen molar-refractivity contribution in [1.29, 1.82) is 0 Å². The maximum atomic E-state index is 11.7. The molecule has 0 radical (unpaired) electrons. The molecule has 0 fully saturated rings. The second-order valence-electron chi connectivity index (χ2n) is 5.16. The van der Waals surface area contributed by atoms with E-state index in [0.717, 1.165) is 4.90 Å². The van der Waals surface area contributed by atoms with Crippen molar-refractivity contribution in [3.05, 3.63) is 65.9 Å². The number of carboxylic acid groups (broad SMARTS) is 2. The summed E-state index contributed by atoms with van der Waals surface area (Å²) < 4.78 is 1.37. The smallest absolute Gasteiger partial charge is 0.357 e. The van der Waals surface area contributed by atoms with E-state index in [1.165, 1.54) is 4.68 Å². The lowest BCUT2D eigenvalue weighted by Crippen LogP contribution is -2.07. The van der Waals surface area contributed by atoms with E-state index in [1.807, 2.05) is 18.4 Å². The Labute approximate surface area is 147 Å². The third kappa shape index (κ3) is 3.14. The summed E-state index contributed by atoms with van der Waals surface area (Å²) in [5, 5.41) is 23.0. The summed E-state index contributed by atoms with van der Waals surface area (Å²) in [6.07, 6.45) is 1.95. The van der Waals surface area contributed by atoms with Gasteiger partial charge in [-0.15, -0.1) is 11.8 Å². The fourth-order valence-corrected chi connectivity index (χ4v) is 2.95. The van der Waals surface area contributed by atoms with E-state index in [-0.39, 0.29) is 11.3 Å². The van der Waals surface area contributed by atoms with Gasteiger partial charge >= 0.3 is 11.9 Å². The molecule has 0 saturated heterocycles. The summed E-state index contributed by atoms with van der Waals surface area (Å²) >= 11 is 1.57. The third-order valence-corrected chi connectivity index (χ3v) is 4.41. The van der Waals surface area contributed by atoms with Crippen LogP contribution in [0, 0.1) is 0 Å². The van der Waals surface area contributed by atoms with E-state index >= 15 is 0 Å². The number of carboxylic acids is 2. The predicted octanol–water partition coefficient (Wildman–Crippen LogP) is 3.66. The van der Waals surface area contributed by atoms with Crippen molar-refractivity contribution in [3.63, 3.8) is 0 Å². The van der Waals surface area contributed by atoms with Crippen molar-refractivity contribution < 1.29 is 19.8 Å². The molecule has 126 valence electrons. The van der Waals surface area contributed by atoms with Crippen LogP contribution < -0.4 is 0 Å². The average molecular weight is 354 g/mol. The number of aromatic carboxylic acids is 2. The summed E-state index contributed by atoms with van der Waals surface area (Å²) in [5.41, 5.74) is 0.593. The van der Waals surface area contributed by atoms with Crippen molar-refractivity contribution in [2.75, 3.05) is 6.26 Å². The van der Waals surface area contributed by atoms with Crippen LogP contribution in [0.1, 0.15) is 20.8 Å². The second-order valence-corrected chi connectivity index (χ2v) is 6.04. The maximum Gasteiger partial charge on any atom is 0.357 e. The van der Waals surface area contributed by atoms with Crippen LogP contribution in [0.2, 0.25) is 0 Å². The molecule has 3 rings (SSSR count). The fourth-order valence-electron chi connectivity index (χ4n) is 2.54. The maximum absolute atomic E-state index is 11.7. The van der Waals surface area contributed by atoms with E-state index in [0.29, 0.717) is 11.3 Å². The molecule has 0 aliphatic rings. The van der Waals surface area contributed by atoms with Gasteiger partial charge in [0.15, 0.2) is 5.69 Å². The normalized spacial score (nSPS) is 10.6. The molecule has 7 heteroatoms. The van der Waals surface area contributed by atoms with Gasteiger partial charge in [0, 0.05) is 10.5 Å². The van der Waals surface area contributed by atoms with Crippen LogP contribution in [-0.4, -0.2) is 38.2 Å². The molecule has 3 aromatic rings. The molecule has 0 amide bonds. The molecule has 2 N–H and O–H groups in total. The number of thioether (sulfide) groups is 1. The van der Waals surface area contributed by atoms with Crippen molar-refractivity contribution >= 4 is 23.7 Å². The number of carbonyl (C=O) groups is 2. The Morgan fingerprint density at radius 1 is 0.960 bits per heavy atom. The lowest BCUT2D eigenvalue weighted by atomic mass is 10.1. The summed E-state index contributed by atoms with van der Waals surface area (Å²) in [6.45, 7) is 0. The predicted molar refractivity (Wildman–Crippen MR) is 94.7 cm³/mol. The Morgan fingerprint density at radius 2 is 1.60 bits per heavy atom. The van der Waals surface area contributed by atoms with Gasteiger partial charge in [-0.05, 0) is 30.5 Å². The molecular weight excluding hydrogens is 340 g/mol. The van der Waals surface area contributed by atoms with Crippen LogP contribution in [0.5, 0.6) is 0 Å². The standard InChI is InChI=1S/C18H14N2O4S/c1-25-13-9-7-12(8-10-13)20-16(11-5-3-2-4-6-11)14(17(21)22)15(19-20)18(23)24/h2-10H,1H3,(H,21,22)(H,23,24). The molecule has 0 aliphatic heterocycles. The Balaban J connectivity index is 2.31. The van der Waals surface area contributed by atoms with Crippen LogP contribution in [-0.2, 0) is 0 Å². The lowest BCUT2D eigenvalue weighted by Gasteiger charge is -2.09. The highest BCUT2D eigenvalue weighted by Crippen LogP contribution is 2.30. The zero-order valence-corrected chi connectivity index (χ0v) is 14.0. The first kappa shape index (κ1) is 16.8. The van der Waals surface area contributed by atoms with Crippen molar-refractivity contribution in [2.45, 2.75) is 4.90 Å². The zero-order chi connectivity index (χ0) is 18.0. The number of hydrogen-bond donors (Lipinski definition) is 2. The van der Waals surface area contributed by atoms with E-state index in [1.54, 1.807) is 54.2 Å². The van der Waals surface area contributed by atoms with Gasteiger partial charge in [-0.3, -0.25) is 0 Å². The van der Waals surface area contributed by atoms with Crippen molar-refractivity contribution in [2.24, 2.45) is 0 Å². The van der Waals surface area contributed by atoms with Crippen molar-refractivity contribution in [1.82, 2.24) is 9.78 Å². The van der Waals surface area contributed by atoms with Gasteiger partial charge in [-0.2, -0.15) is 5.10 Å². The Kier molecular flexibility index (Phi) is 4.58. The van der Waals surface area contributed by atoms with Gasteiger partial charge in [0.1, 0.15) is 5.56 Å². The van der Waals surface area contributed by atoms with Gasteiger partial charge in [-0.25, -0.2) is 14.3 Å². The van der Waals surface area contributed by atoms with Crippen molar-refractivity contribution in [3.8, 4) is 16.9 Å². The van der Waals surface area contributed by atoms with Gasteiger partial charge in [0.25, 0.3) is 0 Å². The summed E-state index contributed by atoms with van der Waals surface area (Å²) in [6, 6.07) is 16.1. The van der Waals surface area contributed by atoms with Gasteiger partial charge in [0.05, 0.1) is 11.4 Å². The zero-order valence-electron chi connectivity index (χ0n) is 13.2. The monoisotopic (exact) mass is 354 g/mol. The molecule has 0 aliphatic carbocycles. The minimum absolute atomic E-state index is 0.238. The first-order valence-electron chi connectivity index (χ1n) is 7.32. The number of aromatic nitrogens is 2. The van der Waals surface area contributed by atoms with Crippen LogP contribution in [0.25, 0.3) is 16.9 Å².